The molecular formula is C10H19N3O. The molecule has 1 aromatic heterocycles. The van der Waals surface area contributed by atoms with Crippen LogP contribution in [0.15, 0.2) is 12.5 Å². The second-order valence-corrected chi connectivity index (χ2v) is 3.59. The maximum atomic E-state index is 8.84. The number of hydrogen-bond acceptors (Lipinski definition) is 3. The summed E-state index contributed by atoms with van der Waals surface area (Å²) in [5.41, 5.74) is 1.19. The van der Waals surface area contributed by atoms with Crippen molar-refractivity contribution in [2.75, 3.05) is 13.2 Å². The summed E-state index contributed by atoms with van der Waals surface area (Å²) in [7, 11) is 0. The molecule has 2 N–H and O–H groups in total. The van der Waals surface area contributed by atoms with Crippen molar-refractivity contribution in [1.82, 2.24) is 14.9 Å². The SMILES string of the molecule is CCn1cncc1CNCC(C)CO. The molecule has 1 aromatic rings. The zero-order valence-electron chi connectivity index (χ0n) is 8.90. The number of nitrogens with one attached hydrogen (secondary N) is 1. The zero-order valence-corrected chi connectivity index (χ0v) is 8.90. The summed E-state index contributed by atoms with van der Waals surface area (Å²) in [5.74, 6) is 0.313. The van der Waals surface area contributed by atoms with Gasteiger partial charge in [0.05, 0.1) is 12.0 Å². The highest BCUT2D eigenvalue weighted by molar-refractivity contribution is 4.97. The van der Waals surface area contributed by atoms with E-state index >= 15 is 0 Å². The van der Waals surface area contributed by atoms with Crippen molar-refractivity contribution in [2.24, 2.45) is 5.92 Å². The fraction of sp³-hybridized carbons (Fsp3) is 0.700. The first-order valence-electron chi connectivity index (χ1n) is 5.08. The van der Waals surface area contributed by atoms with Crippen LogP contribution in [0.3, 0.4) is 0 Å². The third-order valence-corrected chi connectivity index (χ3v) is 2.25. The van der Waals surface area contributed by atoms with Gasteiger partial charge in [0.25, 0.3) is 0 Å². The van der Waals surface area contributed by atoms with Crippen LogP contribution in [0.5, 0.6) is 0 Å². The highest BCUT2D eigenvalue weighted by Crippen LogP contribution is 1.99. The molecule has 0 amide bonds. The third kappa shape index (κ3) is 3.12. The predicted molar refractivity (Wildman–Crippen MR) is 55.9 cm³/mol. The minimum atomic E-state index is 0.236. The van der Waals surface area contributed by atoms with Gasteiger partial charge in [0, 0.05) is 32.4 Å². The smallest absolute Gasteiger partial charge is 0.0948 e. The second kappa shape index (κ2) is 5.78. The molecule has 0 fully saturated rings. The molecule has 1 atom stereocenters. The van der Waals surface area contributed by atoms with Crippen LogP contribution in [0.25, 0.3) is 0 Å². The number of aliphatic hydroxyl groups is 1. The molecule has 14 heavy (non-hydrogen) atoms. The third-order valence-electron chi connectivity index (χ3n) is 2.25. The monoisotopic (exact) mass is 197 g/mol. The molecular weight excluding hydrogens is 178 g/mol. The lowest BCUT2D eigenvalue weighted by atomic mass is 10.2. The van der Waals surface area contributed by atoms with Gasteiger partial charge in [0.15, 0.2) is 0 Å². The van der Waals surface area contributed by atoms with Crippen molar-refractivity contribution >= 4 is 0 Å². The van der Waals surface area contributed by atoms with Gasteiger partial charge >= 0.3 is 0 Å². The van der Waals surface area contributed by atoms with Gasteiger partial charge in [-0.05, 0) is 12.8 Å². The molecule has 0 aliphatic carbocycles. The molecule has 0 spiro atoms. The van der Waals surface area contributed by atoms with Gasteiger partial charge in [-0.15, -0.1) is 0 Å². The molecule has 4 nitrogen and oxygen atoms in total. The lowest BCUT2D eigenvalue weighted by Gasteiger charge is -2.10. The molecule has 0 saturated carbocycles. The molecule has 80 valence electrons. The highest BCUT2D eigenvalue weighted by atomic mass is 16.3. The Hall–Kier alpha value is -0.870. The molecule has 0 aromatic carbocycles. The van der Waals surface area contributed by atoms with Crippen molar-refractivity contribution in [2.45, 2.75) is 26.9 Å². The standard InChI is InChI=1S/C10H19N3O/c1-3-13-8-12-6-10(13)5-11-4-9(2)7-14/h6,8-9,11,14H,3-5,7H2,1-2H3. The Labute approximate surface area is 85.0 Å². The maximum absolute atomic E-state index is 8.84. The molecule has 4 heteroatoms. The number of nitrogens with zero attached hydrogens (tertiary/aromatic N) is 2. The van der Waals surface area contributed by atoms with Crippen LogP contribution in [-0.2, 0) is 13.1 Å². The van der Waals surface area contributed by atoms with Crippen LogP contribution in [-0.4, -0.2) is 27.8 Å². The minimum absolute atomic E-state index is 0.236. The van der Waals surface area contributed by atoms with Gasteiger partial charge in [-0.25, -0.2) is 4.98 Å². The quantitative estimate of drug-likeness (QED) is 0.703. The van der Waals surface area contributed by atoms with Crippen molar-refractivity contribution in [3.8, 4) is 0 Å². The zero-order chi connectivity index (χ0) is 10.4. The van der Waals surface area contributed by atoms with Gasteiger partial charge in [-0.1, -0.05) is 6.92 Å². The van der Waals surface area contributed by atoms with Crippen LogP contribution in [0.1, 0.15) is 19.5 Å². The van der Waals surface area contributed by atoms with Crippen molar-refractivity contribution < 1.29 is 5.11 Å². The first-order valence-corrected chi connectivity index (χ1v) is 5.08. The van der Waals surface area contributed by atoms with Gasteiger partial charge < -0.3 is 15.0 Å². The predicted octanol–water partition coefficient (Wildman–Crippen LogP) is 0.621. The molecule has 1 unspecified atom stereocenters. The van der Waals surface area contributed by atoms with E-state index in [-0.39, 0.29) is 6.61 Å². The van der Waals surface area contributed by atoms with E-state index < -0.39 is 0 Å². The van der Waals surface area contributed by atoms with E-state index in [1.165, 1.54) is 5.69 Å². The maximum Gasteiger partial charge on any atom is 0.0948 e. The Kier molecular flexibility index (Phi) is 4.62. The first-order chi connectivity index (χ1) is 6.77. The summed E-state index contributed by atoms with van der Waals surface area (Å²) in [4.78, 5) is 4.08. The fourth-order valence-corrected chi connectivity index (χ4v) is 1.29. The van der Waals surface area contributed by atoms with Crippen LogP contribution >= 0.6 is 0 Å². The van der Waals surface area contributed by atoms with E-state index in [4.69, 9.17) is 5.11 Å². The summed E-state index contributed by atoms with van der Waals surface area (Å²) >= 11 is 0. The van der Waals surface area contributed by atoms with Crippen LogP contribution in [0, 0.1) is 5.92 Å². The fourth-order valence-electron chi connectivity index (χ4n) is 1.29. The number of aryl methyl sites for hydroxylation is 1. The summed E-state index contributed by atoms with van der Waals surface area (Å²) in [6.45, 7) is 6.96. The molecule has 0 aliphatic heterocycles. The number of aromatic nitrogens is 2. The van der Waals surface area contributed by atoms with E-state index in [1.54, 1.807) is 0 Å². The summed E-state index contributed by atoms with van der Waals surface area (Å²) in [5, 5.41) is 12.1. The van der Waals surface area contributed by atoms with Crippen molar-refractivity contribution in [3.63, 3.8) is 0 Å². The normalized spacial score (nSPS) is 13.1. The lowest BCUT2D eigenvalue weighted by molar-refractivity contribution is 0.233. The molecule has 0 radical (unpaired) electrons. The second-order valence-electron chi connectivity index (χ2n) is 3.59. The Morgan fingerprint density at radius 1 is 1.64 bits per heavy atom. The van der Waals surface area contributed by atoms with Gasteiger partial charge in [-0.2, -0.15) is 0 Å². The van der Waals surface area contributed by atoms with E-state index in [9.17, 15) is 0 Å². The van der Waals surface area contributed by atoms with Crippen LogP contribution in [0.4, 0.5) is 0 Å². The van der Waals surface area contributed by atoms with E-state index in [1.807, 2.05) is 19.4 Å². The molecule has 1 heterocycles. The number of hydrogen-bond donors (Lipinski definition) is 2. The molecule has 0 aliphatic rings. The van der Waals surface area contributed by atoms with Gasteiger partial charge in [0.2, 0.25) is 0 Å². The number of rotatable bonds is 6. The Morgan fingerprint density at radius 3 is 3.07 bits per heavy atom. The van der Waals surface area contributed by atoms with Crippen molar-refractivity contribution in [3.05, 3.63) is 18.2 Å². The Bertz CT molecular complexity index is 260. The topological polar surface area (TPSA) is 50.1 Å². The average Bonchev–Trinajstić information content (AvgIpc) is 2.65. The Balaban J connectivity index is 2.31. The number of aliphatic hydroxyl groups excluding tert-OH is 1. The summed E-state index contributed by atoms with van der Waals surface area (Å²) in [6.07, 6.45) is 3.71. The highest BCUT2D eigenvalue weighted by Gasteiger charge is 2.01. The van der Waals surface area contributed by atoms with Gasteiger partial charge in [0.1, 0.15) is 0 Å². The largest absolute Gasteiger partial charge is 0.396 e. The lowest BCUT2D eigenvalue weighted by Crippen LogP contribution is -2.23. The van der Waals surface area contributed by atoms with E-state index in [2.05, 4.69) is 21.8 Å². The summed E-state index contributed by atoms with van der Waals surface area (Å²) < 4.78 is 2.11. The molecule has 0 bridgehead atoms. The van der Waals surface area contributed by atoms with Gasteiger partial charge in [-0.3, -0.25) is 0 Å². The van der Waals surface area contributed by atoms with Crippen LogP contribution < -0.4 is 5.32 Å². The molecule has 1 rings (SSSR count). The first kappa shape index (κ1) is 11.2. The minimum Gasteiger partial charge on any atom is -0.396 e. The van der Waals surface area contributed by atoms with Crippen LogP contribution in [0.2, 0.25) is 0 Å². The van der Waals surface area contributed by atoms with E-state index in [0.717, 1.165) is 19.6 Å². The van der Waals surface area contributed by atoms with E-state index in [0.29, 0.717) is 5.92 Å². The average molecular weight is 197 g/mol. The Morgan fingerprint density at radius 2 is 2.43 bits per heavy atom. The number of imidazole rings is 1. The molecule has 0 saturated heterocycles. The summed E-state index contributed by atoms with van der Waals surface area (Å²) in [6, 6.07) is 0. The van der Waals surface area contributed by atoms with Crippen molar-refractivity contribution in [1.29, 1.82) is 0 Å².